The predicted octanol–water partition coefficient (Wildman–Crippen LogP) is 2.70. The fourth-order valence-electron chi connectivity index (χ4n) is 5.13. The van der Waals surface area contributed by atoms with Crippen molar-refractivity contribution >= 4 is 39.1 Å². The molecule has 208 valence electrons. The first-order valence-corrected chi connectivity index (χ1v) is 15.0. The van der Waals surface area contributed by atoms with Crippen molar-refractivity contribution in [1.29, 1.82) is 0 Å². The molecule has 5 aromatic rings. The molecule has 41 heavy (non-hydrogen) atoms. The maximum Gasteiger partial charge on any atom is 0.291 e. The van der Waals surface area contributed by atoms with Gasteiger partial charge in [-0.1, -0.05) is 18.2 Å². The van der Waals surface area contributed by atoms with Crippen LogP contribution in [0.25, 0.3) is 28.0 Å². The van der Waals surface area contributed by atoms with Crippen molar-refractivity contribution in [3.05, 3.63) is 72.2 Å². The highest BCUT2D eigenvalue weighted by Crippen LogP contribution is 2.34. The molecule has 1 amide bonds. The quantitative estimate of drug-likeness (QED) is 0.231. The van der Waals surface area contributed by atoms with Crippen LogP contribution in [0, 0.1) is 0 Å². The second kappa shape index (κ2) is 10.2. The summed E-state index contributed by atoms with van der Waals surface area (Å²) >= 11 is 0. The van der Waals surface area contributed by atoms with Gasteiger partial charge >= 0.3 is 0 Å². The number of aromatic amines is 1. The van der Waals surface area contributed by atoms with Crippen LogP contribution in [0.5, 0.6) is 0 Å². The Balaban J connectivity index is 1.29. The number of benzene rings is 1. The fourth-order valence-corrected chi connectivity index (χ4v) is 5.85. The number of carbonyl (C=O) groups excluding carboxylic acids is 2. The third kappa shape index (κ3) is 4.84. The van der Waals surface area contributed by atoms with E-state index < -0.39 is 9.52 Å². The van der Waals surface area contributed by atoms with Crippen LogP contribution in [0.2, 0.25) is 0 Å². The maximum absolute atomic E-state index is 12.7. The first-order valence-electron chi connectivity index (χ1n) is 12.9. The average molecular weight is 570 g/mol. The Kier molecular flexibility index (Phi) is 6.58. The van der Waals surface area contributed by atoms with Gasteiger partial charge in [0.15, 0.2) is 11.9 Å². The standard InChI is InChI=1S/C28H27N9O3S/c1-41(2,40)20-6-3-17(4-7-20)23-8-5-19(13-30-23)21-14-33-37-25(29)22(15-38)24(34-27(21)37)18-9-11-36(12-10-18)28(39)26-31-16-32-35-26/h3-8,13-16,18H,1,9-12,29H2,2H3,(H,31,32,35). The number of amides is 1. The van der Waals surface area contributed by atoms with Crippen molar-refractivity contribution < 1.29 is 13.8 Å². The summed E-state index contributed by atoms with van der Waals surface area (Å²) in [6.07, 6.45) is 8.33. The largest absolute Gasteiger partial charge is 0.383 e. The molecule has 1 unspecified atom stereocenters. The molecule has 5 heterocycles. The van der Waals surface area contributed by atoms with E-state index in [-0.39, 0.29) is 23.5 Å². The number of nitrogens with one attached hydrogen (secondary N) is 1. The third-order valence-electron chi connectivity index (χ3n) is 7.38. The number of H-pyrrole nitrogens is 1. The van der Waals surface area contributed by atoms with Crippen LogP contribution in [0.1, 0.15) is 45.4 Å². The Labute approximate surface area is 235 Å². The Morgan fingerprint density at radius 1 is 1.12 bits per heavy atom. The molecule has 13 heteroatoms. The van der Waals surface area contributed by atoms with Crippen LogP contribution in [0.15, 0.2) is 60.0 Å². The van der Waals surface area contributed by atoms with Gasteiger partial charge in [0.25, 0.3) is 5.91 Å². The van der Waals surface area contributed by atoms with Crippen molar-refractivity contribution in [1.82, 2.24) is 39.7 Å². The minimum absolute atomic E-state index is 0.0661. The number of nitrogens with zero attached hydrogens (tertiary/aromatic N) is 7. The normalized spacial score (nSPS) is 15.6. The summed E-state index contributed by atoms with van der Waals surface area (Å²) in [6.45, 7) is 0.968. The van der Waals surface area contributed by atoms with Crippen LogP contribution in [0.4, 0.5) is 5.82 Å². The molecule has 0 spiro atoms. The lowest BCUT2D eigenvalue weighted by Gasteiger charge is -2.31. The lowest BCUT2D eigenvalue weighted by Crippen LogP contribution is -2.38. The zero-order chi connectivity index (χ0) is 28.7. The summed E-state index contributed by atoms with van der Waals surface area (Å²) in [5.41, 5.74) is 11.0. The highest BCUT2D eigenvalue weighted by atomic mass is 32.2. The van der Waals surface area contributed by atoms with E-state index in [1.807, 2.05) is 24.3 Å². The van der Waals surface area contributed by atoms with E-state index in [0.717, 1.165) is 28.7 Å². The zero-order valence-corrected chi connectivity index (χ0v) is 23.0. The van der Waals surface area contributed by atoms with Crippen molar-refractivity contribution in [2.24, 2.45) is 0 Å². The van der Waals surface area contributed by atoms with E-state index in [0.29, 0.717) is 47.7 Å². The van der Waals surface area contributed by atoms with Gasteiger partial charge in [-0.25, -0.2) is 4.98 Å². The first kappa shape index (κ1) is 26.3. The highest BCUT2D eigenvalue weighted by Gasteiger charge is 2.30. The second-order valence-electron chi connectivity index (χ2n) is 10.1. The highest BCUT2D eigenvalue weighted by molar-refractivity contribution is 7.99. The number of carbonyl (C=O) groups is 2. The van der Waals surface area contributed by atoms with Gasteiger partial charge in [0.05, 0.1) is 23.1 Å². The average Bonchev–Trinajstić information content (AvgIpc) is 3.68. The Morgan fingerprint density at radius 2 is 1.85 bits per heavy atom. The number of nitrogens with two attached hydrogens (primary N) is 1. The summed E-state index contributed by atoms with van der Waals surface area (Å²) < 4.78 is 13.7. The number of pyridine rings is 1. The number of nitrogen functional groups attached to an aromatic ring is 1. The van der Waals surface area contributed by atoms with Crippen LogP contribution in [-0.2, 0) is 9.52 Å². The van der Waals surface area contributed by atoms with E-state index in [1.165, 1.54) is 10.8 Å². The molecule has 4 aromatic heterocycles. The topological polar surface area (TPSA) is 165 Å². The molecule has 1 fully saturated rings. The zero-order valence-electron chi connectivity index (χ0n) is 22.2. The summed E-state index contributed by atoms with van der Waals surface area (Å²) in [5.74, 6) is 3.87. The maximum atomic E-state index is 12.7. The van der Waals surface area contributed by atoms with E-state index in [4.69, 9.17) is 10.7 Å². The van der Waals surface area contributed by atoms with Gasteiger partial charge < -0.3 is 15.6 Å². The number of rotatable bonds is 6. The number of hydrogen-bond donors (Lipinski definition) is 2. The van der Waals surface area contributed by atoms with E-state index in [9.17, 15) is 13.8 Å². The van der Waals surface area contributed by atoms with Crippen LogP contribution in [0.3, 0.4) is 0 Å². The Bertz CT molecular complexity index is 1860. The van der Waals surface area contributed by atoms with Gasteiger partial charge in [-0.05, 0) is 46.4 Å². The number of piperidine rings is 1. The van der Waals surface area contributed by atoms with Gasteiger partial charge in [0.2, 0.25) is 5.82 Å². The molecule has 0 aliphatic carbocycles. The Hall–Kier alpha value is -4.91. The van der Waals surface area contributed by atoms with Crippen molar-refractivity contribution in [3.8, 4) is 22.4 Å². The molecule has 3 N–H and O–H groups in total. The van der Waals surface area contributed by atoms with Gasteiger partial charge in [-0.15, -0.1) is 10.2 Å². The van der Waals surface area contributed by atoms with E-state index in [1.54, 1.807) is 35.7 Å². The lowest BCUT2D eigenvalue weighted by molar-refractivity contribution is 0.0699. The molecule has 0 radical (unpaired) electrons. The van der Waals surface area contributed by atoms with E-state index in [2.05, 4.69) is 31.1 Å². The van der Waals surface area contributed by atoms with Crippen LogP contribution < -0.4 is 5.73 Å². The van der Waals surface area contributed by atoms with Crippen LogP contribution in [-0.4, -0.2) is 81.3 Å². The molecular formula is C28H27N9O3S. The summed E-state index contributed by atoms with van der Waals surface area (Å²) in [4.78, 5) is 39.4. The van der Waals surface area contributed by atoms with E-state index >= 15 is 0 Å². The molecule has 6 rings (SSSR count). The number of hydrogen-bond acceptors (Lipinski definition) is 9. The minimum atomic E-state index is -2.29. The molecule has 1 atom stereocenters. The smallest absolute Gasteiger partial charge is 0.291 e. The number of fused-ring (bicyclic) bond motifs is 1. The number of aldehydes is 1. The summed E-state index contributed by atoms with van der Waals surface area (Å²) in [5, 5.41) is 11.9. The molecule has 1 aliphatic heterocycles. The van der Waals surface area contributed by atoms with Crippen molar-refractivity contribution in [2.75, 3.05) is 25.1 Å². The summed E-state index contributed by atoms with van der Waals surface area (Å²) in [7, 11) is -2.29. The number of anilines is 1. The molecule has 0 saturated carbocycles. The van der Waals surface area contributed by atoms with Gasteiger partial charge in [-0.2, -0.15) is 9.61 Å². The molecule has 1 aromatic carbocycles. The molecule has 0 bridgehead atoms. The lowest BCUT2D eigenvalue weighted by atomic mass is 9.90. The number of likely N-dealkylation sites (tertiary alicyclic amines) is 1. The second-order valence-corrected chi connectivity index (χ2v) is 12.6. The fraction of sp³-hybridized carbons (Fsp3) is 0.214. The third-order valence-corrected chi connectivity index (χ3v) is 8.65. The van der Waals surface area contributed by atoms with Crippen molar-refractivity contribution in [3.63, 3.8) is 0 Å². The predicted molar refractivity (Wildman–Crippen MR) is 155 cm³/mol. The Morgan fingerprint density at radius 3 is 2.46 bits per heavy atom. The minimum Gasteiger partial charge on any atom is -0.383 e. The summed E-state index contributed by atoms with van der Waals surface area (Å²) in [6, 6.07) is 11.2. The van der Waals surface area contributed by atoms with Gasteiger partial charge in [-0.3, -0.25) is 18.8 Å². The monoisotopic (exact) mass is 569 g/mol. The SMILES string of the molecule is C=S(C)(=O)c1ccc(-c2ccc(-c3cnn4c(N)c(C=O)c(C5CCN(C(=O)c6nnc[nH]6)CC5)nc34)cn2)cc1. The molecule has 12 nitrogen and oxygen atoms in total. The van der Waals surface area contributed by atoms with Gasteiger partial charge in [0.1, 0.15) is 12.1 Å². The number of aromatic nitrogens is 7. The first-order chi connectivity index (χ1) is 19.7. The molecule has 1 saturated heterocycles. The molecule has 1 aliphatic rings. The molecular weight excluding hydrogens is 542 g/mol. The van der Waals surface area contributed by atoms with Crippen LogP contribution >= 0.6 is 0 Å². The van der Waals surface area contributed by atoms with Crippen molar-refractivity contribution in [2.45, 2.75) is 23.7 Å². The van der Waals surface area contributed by atoms with Gasteiger partial charge in [0, 0.05) is 53.0 Å².